The second kappa shape index (κ2) is 12.0. The van der Waals surface area contributed by atoms with Gasteiger partial charge in [-0.3, -0.25) is 9.59 Å². The van der Waals surface area contributed by atoms with Crippen LogP contribution in [0.25, 0.3) is 0 Å². The van der Waals surface area contributed by atoms with Crippen LogP contribution in [0.4, 0.5) is 4.79 Å². The summed E-state index contributed by atoms with van der Waals surface area (Å²) in [6.07, 6.45) is -0.784. The Bertz CT molecular complexity index is 988. The minimum atomic E-state index is -1.23. The first-order chi connectivity index (χ1) is 16.0. The molecule has 184 valence electrons. The maximum absolute atomic E-state index is 13.3. The van der Waals surface area contributed by atoms with E-state index in [-0.39, 0.29) is 24.4 Å². The van der Waals surface area contributed by atoms with Gasteiger partial charge < -0.3 is 30.5 Å². The molecule has 0 aliphatic rings. The number of aryl methyl sites for hydroxylation is 1. The lowest BCUT2D eigenvalue weighted by atomic mass is 10.00. The molecular weight excluding hydrogens is 438 g/mol. The average molecular weight is 472 g/mol. The number of carbonyl (C=O) groups excluding carboxylic acids is 3. The van der Waals surface area contributed by atoms with Crippen LogP contribution in [0.1, 0.15) is 43.5 Å². The molecule has 0 bridgehead atoms. The van der Waals surface area contributed by atoms with Crippen molar-refractivity contribution in [1.82, 2.24) is 15.5 Å². The SMILES string of the molecule is Cc1cccc(C(C(=O)NCc2ccccc2)N(CCO)C(=O)CNC(=O)OC(C)(C)C)c1O. The normalized spacial score (nSPS) is 11.9. The van der Waals surface area contributed by atoms with Gasteiger partial charge in [0.2, 0.25) is 11.8 Å². The number of rotatable bonds is 9. The Morgan fingerprint density at radius 3 is 2.32 bits per heavy atom. The molecule has 0 spiro atoms. The molecular formula is C25H33N3O6. The van der Waals surface area contributed by atoms with E-state index in [4.69, 9.17) is 4.74 Å². The topological polar surface area (TPSA) is 128 Å². The predicted molar refractivity (Wildman–Crippen MR) is 127 cm³/mol. The Hall–Kier alpha value is -3.59. The van der Waals surface area contributed by atoms with Crippen LogP contribution >= 0.6 is 0 Å². The van der Waals surface area contributed by atoms with E-state index < -0.39 is 42.7 Å². The maximum Gasteiger partial charge on any atom is 0.408 e. The number of hydrogen-bond acceptors (Lipinski definition) is 6. The Morgan fingerprint density at radius 2 is 1.71 bits per heavy atom. The molecule has 0 heterocycles. The van der Waals surface area contributed by atoms with Crippen LogP contribution in [0.5, 0.6) is 5.75 Å². The number of phenolic OH excluding ortho intramolecular Hbond substituents is 1. The van der Waals surface area contributed by atoms with Gasteiger partial charge in [-0.1, -0.05) is 48.5 Å². The highest BCUT2D eigenvalue weighted by atomic mass is 16.6. The van der Waals surface area contributed by atoms with E-state index in [9.17, 15) is 24.6 Å². The Balaban J connectivity index is 2.30. The molecule has 1 atom stereocenters. The van der Waals surface area contributed by atoms with Crippen LogP contribution in [0.3, 0.4) is 0 Å². The standard InChI is InChI=1S/C25H33N3O6/c1-17-9-8-12-19(22(17)31)21(23(32)26-15-18-10-6-5-7-11-18)28(13-14-29)20(30)16-27-24(33)34-25(2,3)4/h5-12,21,29,31H,13-16H2,1-4H3,(H,26,32)(H,27,33). The fraction of sp³-hybridized carbons (Fsp3) is 0.400. The van der Waals surface area contributed by atoms with E-state index >= 15 is 0 Å². The number of para-hydroxylation sites is 1. The van der Waals surface area contributed by atoms with Crippen LogP contribution in [0.2, 0.25) is 0 Å². The first-order valence-electron chi connectivity index (χ1n) is 11.0. The third kappa shape index (κ3) is 7.77. The number of phenols is 1. The molecule has 9 heteroatoms. The Kier molecular flexibility index (Phi) is 9.44. The monoisotopic (exact) mass is 471 g/mol. The molecule has 0 fully saturated rings. The minimum Gasteiger partial charge on any atom is -0.507 e. The number of alkyl carbamates (subject to hydrolysis) is 1. The molecule has 0 aliphatic carbocycles. The molecule has 34 heavy (non-hydrogen) atoms. The number of hydrogen-bond donors (Lipinski definition) is 4. The van der Waals surface area contributed by atoms with Gasteiger partial charge in [-0.25, -0.2) is 4.79 Å². The largest absolute Gasteiger partial charge is 0.507 e. The number of carbonyl (C=O) groups is 3. The van der Waals surface area contributed by atoms with Crippen LogP contribution in [-0.4, -0.2) is 58.3 Å². The smallest absolute Gasteiger partial charge is 0.408 e. The molecule has 3 amide bonds. The number of nitrogens with one attached hydrogen (secondary N) is 2. The third-order valence-electron chi connectivity index (χ3n) is 4.88. The van der Waals surface area contributed by atoms with Gasteiger partial charge in [-0.15, -0.1) is 0 Å². The van der Waals surface area contributed by atoms with Gasteiger partial charge in [-0.2, -0.15) is 0 Å². The van der Waals surface area contributed by atoms with Crippen molar-refractivity contribution in [2.24, 2.45) is 0 Å². The van der Waals surface area contributed by atoms with Crippen molar-refractivity contribution in [3.05, 3.63) is 65.2 Å². The fourth-order valence-electron chi connectivity index (χ4n) is 3.30. The molecule has 0 aromatic heterocycles. The molecule has 2 aromatic rings. The minimum absolute atomic E-state index is 0.127. The molecule has 0 saturated heterocycles. The predicted octanol–water partition coefficient (Wildman–Crippen LogP) is 2.40. The summed E-state index contributed by atoms with van der Waals surface area (Å²) in [5.74, 6) is -1.29. The summed E-state index contributed by atoms with van der Waals surface area (Å²) in [5, 5.41) is 25.5. The summed E-state index contributed by atoms with van der Waals surface area (Å²) in [6.45, 7) is 5.91. The van der Waals surface area contributed by atoms with Gasteiger partial charge in [0, 0.05) is 18.7 Å². The van der Waals surface area contributed by atoms with Gasteiger partial charge in [0.25, 0.3) is 0 Å². The number of aliphatic hydroxyl groups is 1. The van der Waals surface area contributed by atoms with Crippen LogP contribution in [0, 0.1) is 6.92 Å². The van der Waals surface area contributed by atoms with E-state index in [1.165, 1.54) is 0 Å². The second-order valence-electron chi connectivity index (χ2n) is 8.78. The van der Waals surface area contributed by atoms with Crippen molar-refractivity contribution in [1.29, 1.82) is 0 Å². The zero-order valence-corrected chi connectivity index (χ0v) is 20.0. The lowest BCUT2D eigenvalue weighted by Gasteiger charge is -2.31. The molecule has 4 N–H and O–H groups in total. The first kappa shape index (κ1) is 26.7. The van der Waals surface area contributed by atoms with Crippen molar-refractivity contribution in [3.63, 3.8) is 0 Å². The highest BCUT2D eigenvalue weighted by molar-refractivity contribution is 5.91. The van der Waals surface area contributed by atoms with Crippen molar-refractivity contribution < 1.29 is 29.3 Å². The Labute approximate surface area is 199 Å². The highest BCUT2D eigenvalue weighted by Crippen LogP contribution is 2.31. The lowest BCUT2D eigenvalue weighted by molar-refractivity contribution is -0.140. The van der Waals surface area contributed by atoms with Crippen LogP contribution < -0.4 is 10.6 Å². The number of aliphatic hydroxyl groups excluding tert-OH is 1. The van der Waals surface area contributed by atoms with Gasteiger partial charge >= 0.3 is 6.09 Å². The van der Waals surface area contributed by atoms with Crippen LogP contribution in [0.15, 0.2) is 48.5 Å². The van der Waals surface area contributed by atoms with Crippen molar-refractivity contribution in [2.75, 3.05) is 19.7 Å². The number of ether oxygens (including phenoxy) is 1. The van der Waals surface area contributed by atoms with E-state index in [0.717, 1.165) is 10.5 Å². The first-order valence-corrected chi connectivity index (χ1v) is 11.0. The van der Waals surface area contributed by atoms with Gasteiger partial charge in [0.1, 0.15) is 23.9 Å². The molecule has 0 aliphatic heterocycles. The van der Waals surface area contributed by atoms with E-state index in [1.807, 2.05) is 30.3 Å². The molecule has 9 nitrogen and oxygen atoms in total. The van der Waals surface area contributed by atoms with Crippen LogP contribution in [-0.2, 0) is 20.9 Å². The van der Waals surface area contributed by atoms with Gasteiger partial charge in [0.15, 0.2) is 0 Å². The number of aromatic hydroxyl groups is 1. The number of amides is 3. The maximum atomic E-state index is 13.3. The zero-order chi connectivity index (χ0) is 25.3. The second-order valence-corrected chi connectivity index (χ2v) is 8.78. The average Bonchev–Trinajstić information content (AvgIpc) is 2.78. The summed E-state index contributed by atoms with van der Waals surface area (Å²) in [7, 11) is 0. The summed E-state index contributed by atoms with van der Waals surface area (Å²) in [4.78, 5) is 39.5. The summed E-state index contributed by atoms with van der Waals surface area (Å²) in [6, 6.07) is 12.9. The van der Waals surface area contributed by atoms with Crippen molar-refractivity contribution in [2.45, 2.75) is 45.9 Å². The summed E-state index contributed by atoms with van der Waals surface area (Å²) >= 11 is 0. The molecule has 1 unspecified atom stereocenters. The summed E-state index contributed by atoms with van der Waals surface area (Å²) < 4.78 is 5.15. The summed E-state index contributed by atoms with van der Waals surface area (Å²) in [5.41, 5.74) is 0.853. The van der Waals surface area contributed by atoms with Crippen molar-refractivity contribution in [3.8, 4) is 5.75 Å². The fourth-order valence-corrected chi connectivity index (χ4v) is 3.30. The molecule has 2 rings (SSSR count). The molecule has 0 saturated carbocycles. The van der Waals surface area contributed by atoms with Gasteiger partial charge in [0.05, 0.1) is 6.61 Å². The number of benzene rings is 2. The van der Waals surface area contributed by atoms with E-state index in [2.05, 4.69) is 10.6 Å². The van der Waals surface area contributed by atoms with E-state index in [0.29, 0.717) is 5.56 Å². The Morgan fingerprint density at radius 1 is 1.03 bits per heavy atom. The van der Waals surface area contributed by atoms with Gasteiger partial charge in [-0.05, 0) is 38.8 Å². The zero-order valence-electron chi connectivity index (χ0n) is 20.0. The highest BCUT2D eigenvalue weighted by Gasteiger charge is 2.33. The number of nitrogens with zero attached hydrogens (tertiary/aromatic N) is 1. The molecule has 2 aromatic carbocycles. The van der Waals surface area contributed by atoms with E-state index in [1.54, 1.807) is 45.9 Å². The van der Waals surface area contributed by atoms with Crippen molar-refractivity contribution >= 4 is 17.9 Å². The molecule has 0 radical (unpaired) electrons. The quantitative estimate of drug-likeness (QED) is 0.445. The third-order valence-corrected chi connectivity index (χ3v) is 4.88. The lowest BCUT2D eigenvalue weighted by Crippen LogP contribution is -2.48.